The number of amides is 1. The highest BCUT2D eigenvalue weighted by molar-refractivity contribution is 7.20. The Morgan fingerprint density at radius 3 is 2.83 bits per heavy atom. The molecular weight excluding hydrogens is 310 g/mol. The van der Waals surface area contributed by atoms with E-state index in [-0.39, 0.29) is 11.9 Å². The maximum absolute atomic E-state index is 12.4. The number of hydrogen-bond donors (Lipinski definition) is 1. The van der Waals surface area contributed by atoms with Crippen LogP contribution in [-0.4, -0.2) is 35.4 Å². The molecule has 0 aliphatic heterocycles. The van der Waals surface area contributed by atoms with Crippen molar-refractivity contribution in [3.63, 3.8) is 0 Å². The molecule has 120 valence electrons. The third kappa shape index (κ3) is 3.13. The van der Waals surface area contributed by atoms with Crippen molar-refractivity contribution in [3.05, 3.63) is 47.0 Å². The Kier molecular flexibility index (Phi) is 4.45. The van der Waals surface area contributed by atoms with Crippen LogP contribution in [0.25, 0.3) is 15.9 Å². The van der Waals surface area contributed by atoms with Gasteiger partial charge in [0.05, 0.1) is 22.9 Å². The van der Waals surface area contributed by atoms with Gasteiger partial charge in [-0.05, 0) is 32.0 Å². The largest absolute Gasteiger partial charge is 0.383 e. The van der Waals surface area contributed by atoms with Crippen LogP contribution >= 0.6 is 11.3 Å². The highest BCUT2D eigenvalue weighted by atomic mass is 32.1. The summed E-state index contributed by atoms with van der Waals surface area (Å²) in [6.07, 6.45) is 0. The molecule has 1 N–H and O–H groups in total. The quantitative estimate of drug-likeness (QED) is 0.782. The van der Waals surface area contributed by atoms with E-state index in [1.807, 2.05) is 54.9 Å². The van der Waals surface area contributed by atoms with E-state index in [0.717, 1.165) is 21.6 Å². The molecule has 1 aromatic carbocycles. The summed E-state index contributed by atoms with van der Waals surface area (Å²) in [4.78, 5) is 14.0. The lowest BCUT2D eigenvalue weighted by atomic mass is 10.3. The van der Waals surface area contributed by atoms with Gasteiger partial charge in [0.1, 0.15) is 4.83 Å². The maximum atomic E-state index is 12.4. The first-order valence-electron chi connectivity index (χ1n) is 7.44. The van der Waals surface area contributed by atoms with Gasteiger partial charge < -0.3 is 10.1 Å². The van der Waals surface area contributed by atoms with Gasteiger partial charge in [-0.3, -0.25) is 4.79 Å². The second-order valence-corrected chi connectivity index (χ2v) is 6.52. The standard InChI is InChI=1S/C17H19N3O2S/c1-11(10-22-3)18-16(21)15-9-14-12(2)19-20(17(14)23-15)13-7-5-4-6-8-13/h4-9,11H,10H2,1-3H3,(H,18,21). The summed E-state index contributed by atoms with van der Waals surface area (Å²) < 4.78 is 6.95. The maximum Gasteiger partial charge on any atom is 0.261 e. The zero-order valence-corrected chi connectivity index (χ0v) is 14.2. The number of fused-ring (bicyclic) bond motifs is 1. The van der Waals surface area contributed by atoms with E-state index in [1.54, 1.807) is 7.11 Å². The van der Waals surface area contributed by atoms with Gasteiger partial charge in [0, 0.05) is 18.5 Å². The molecule has 3 aromatic rings. The predicted octanol–water partition coefficient (Wildman–Crippen LogP) is 3.16. The Hall–Kier alpha value is -2.18. The van der Waals surface area contributed by atoms with E-state index < -0.39 is 0 Å². The van der Waals surface area contributed by atoms with Crippen molar-refractivity contribution in [2.45, 2.75) is 19.9 Å². The second kappa shape index (κ2) is 6.52. The van der Waals surface area contributed by atoms with Crippen LogP contribution in [0.3, 0.4) is 0 Å². The highest BCUT2D eigenvalue weighted by Gasteiger charge is 2.18. The Balaban J connectivity index is 1.95. The monoisotopic (exact) mass is 329 g/mol. The lowest BCUT2D eigenvalue weighted by Gasteiger charge is -2.11. The van der Waals surface area contributed by atoms with Gasteiger partial charge in [0.15, 0.2) is 0 Å². The topological polar surface area (TPSA) is 56.1 Å². The summed E-state index contributed by atoms with van der Waals surface area (Å²) >= 11 is 1.46. The fourth-order valence-electron chi connectivity index (χ4n) is 2.49. The number of rotatable bonds is 5. The van der Waals surface area contributed by atoms with Crippen molar-refractivity contribution in [3.8, 4) is 5.69 Å². The minimum absolute atomic E-state index is 0.0237. The Labute approximate surface area is 138 Å². The van der Waals surface area contributed by atoms with Crippen molar-refractivity contribution in [2.75, 3.05) is 13.7 Å². The van der Waals surface area contributed by atoms with Crippen molar-refractivity contribution < 1.29 is 9.53 Å². The van der Waals surface area contributed by atoms with Crippen LogP contribution in [0.4, 0.5) is 0 Å². The molecule has 3 rings (SSSR count). The molecule has 1 atom stereocenters. The lowest BCUT2D eigenvalue weighted by molar-refractivity contribution is 0.0909. The third-order valence-corrected chi connectivity index (χ3v) is 4.67. The number of hydrogen-bond acceptors (Lipinski definition) is 4. The minimum atomic E-state index is -0.0743. The SMILES string of the molecule is COCC(C)NC(=O)c1cc2c(C)nn(-c3ccccc3)c2s1. The van der Waals surface area contributed by atoms with Crippen LogP contribution in [0.5, 0.6) is 0 Å². The number of ether oxygens (including phenoxy) is 1. The molecule has 2 heterocycles. The van der Waals surface area contributed by atoms with Crippen LogP contribution in [-0.2, 0) is 4.74 Å². The molecule has 2 aromatic heterocycles. The molecule has 5 nitrogen and oxygen atoms in total. The zero-order chi connectivity index (χ0) is 16.4. The molecule has 0 aliphatic rings. The number of nitrogens with one attached hydrogen (secondary N) is 1. The number of carbonyl (C=O) groups is 1. The fraction of sp³-hybridized carbons (Fsp3) is 0.294. The molecule has 0 fully saturated rings. The van der Waals surface area contributed by atoms with Crippen LogP contribution < -0.4 is 5.32 Å². The normalized spacial score (nSPS) is 12.5. The van der Waals surface area contributed by atoms with Gasteiger partial charge in [-0.1, -0.05) is 18.2 Å². The number of para-hydroxylation sites is 1. The number of thiophene rings is 1. The molecule has 23 heavy (non-hydrogen) atoms. The van der Waals surface area contributed by atoms with E-state index in [9.17, 15) is 4.79 Å². The number of methoxy groups -OCH3 is 1. The van der Waals surface area contributed by atoms with Gasteiger partial charge in [-0.25, -0.2) is 4.68 Å². The summed E-state index contributed by atoms with van der Waals surface area (Å²) in [6, 6.07) is 11.8. The molecule has 6 heteroatoms. The molecule has 1 unspecified atom stereocenters. The highest BCUT2D eigenvalue weighted by Crippen LogP contribution is 2.30. The summed E-state index contributed by atoms with van der Waals surface area (Å²) in [7, 11) is 1.62. The van der Waals surface area contributed by atoms with Crippen LogP contribution in [0.15, 0.2) is 36.4 Å². The van der Waals surface area contributed by atoms with Gasteiger partial charge in [-0.2, -0.15) is 5.10 Å². The van der Waals surface area contributed by atoms with Gasteiger partial charge >= 0.3 is 0 Å². The average molecular weight is 329 g/mol. The predicted molar refractivity (Wildman–Crippen MR) is 92.5 cm³/mol. The lowest BCUT2D eigenvalue weighted by Crippen LogP contribution is -2.35. The van der Waals surface area contributed by atoms with Gasteiger partial charge in [-0.15, -0.1) is 11.3 Å². The number of benzene rings is 1. The van der Waals surface area contributed by atoms with E-state index in [4.69, 9.17) is 4.74 Å². The smallest absolute Gasteiger partial charge is 0.261 e. The number of aryl methyl sites for hydroxylation is 1. The van der Waals surface area contributed by atoms with E-state index in [1.165, 1.54) is 11.3 Å². The summed E-state index contributed by atoms with van der Waals surface area (Å²) in [6.45, 7) is 4.38. The van der Waals surface area contributed by atoms with E-state index in [2.05, 4.69) is 10.4 Å². The number of carbonyl (C=O) groups excluding carboxylic acids is 1. The number of aromatic nitrogens is 2. The van der Waals surface area contributed by atoms with Gasteiger partial charge in [0.2, 0.25) is 0 Å². The van der Waals surface area contributed by atoms with Crippen molar-refractivity contribution in [1.29, 1.82) is 0 Å². The molecule has 0 bridgehead atoms. The van der Waals surface area contributed by atoms with Crippen LogP contribution in [0.1, 0.15) is 22.3 Å². The molecule has 0 spiro atoms. The molecule has 0 saturated carbocycles. The molecular formula is C17H19N3O2S. The first kappa shape index (κ1) is 15.7. The van der Waals surface area contributed by atoms with Crippen LogP contribution in [0, 0.1) is 6.92 Å². The Bertz CT molecular complexity index is 823. The number of nitrogens with zero attached hydrogens (tertiary/aromatic N) is 2. The van der Waals surface area contributed by atoms with Crippen LogP contribution in [0.2, 0.25) is 0 Å². The first-order valence-corrected chi connectivity index (χ1v) is 8.26. The average Bonchev–Trinajstić information content (AvgIpc) is 3.09. The Morgan fingerprint density at radius 1 is 1.39 bits per heavy atom. The van der Waals surface area contributed by atoms with Gasteiger partial charge in [0.25, 0.3) is 5.91 Å². The molecule has 0 aliphatic carbocycles. The summed E-state index contributed by atoms with van der Waals surface area (Å²) in [5.41, 5.74) is 1.91. The van der Waals surface area contributed by atoms with Crippen molar-refractivity contribution >= 4 is 27.5 Å². The zero-order valence-electron chi connectivity index (χ0n) is 13.4. The minimum Gasteiger partial charge on any atom is -0.383 e. The second-order valence-electron chi connectivity index (χ2n) is 5.49. The molecule has 0 saturated heterocycles. The van der Waals surface area contributed by atoms with E-state index in [0.29, 0.717) is 11.5 Å². The molecule has 1 amide bonds. The summed E-state index contributed by atoms with van der Waals surface area (Å²) in [5.74, 6) is -0.0743. The summed E-state index contributed by atoms with van der Waals surface area (Å²) in [5, 5.41) is 8.55. The molecule has 0 radical (unpaired) electrons. The third-order valence-electron chi connectivity index (χ3n) is 3.56. The van der Waals surface area contributed by atoms with Crippen molar-refractivity contribution in [1.82, 2.24) is 15.1 Å². The fourth-order valence-corrected chi connectivity index (χ4v) is 3.58. The first-order chi connectivity index (χ1) is 11.1. The Morgan fingerprint density at radius 2 is 2.13 bits per heavy atom. The van der Waals surface area contributed by atoms with E-state index >= 15 is 0 Å². The van der Waals surface area contributed by atoms with Crippen molar-refractivity contribution in [2.24, 2.45) is 0 Å².